The van der Waals surface area contributed by atoms with Gasteiger partial charge in [-0.3, -0.25) is 0 Å². The van der Waals surface area contributed by atoms with E-state index in [1.807, 2.05) is 0 Å². The number of alkyl halides is 6. The van der Waals surface area contributed by atoms with Gasteiger partial charge < -0.3 is 10.1 Å². The van der Waals surface area contributed by atoms with Crippen molar-refractivity contribution in [2.45, 2.75) is 31.4 Å². The highest BCUT2D eigenvalue weighted by Gasteiger charge is 2.40. The van der Waals surface area contributed by atoms with Gasteiger partial charge in [0.1, 0.15) is 6.10 Å². The molecule has 2 rings (SSSR count). The zero-order chi connectivity index (χ0) is 16.0. The fourth-order valence-corrected chi connectivity index (χ4v) is 2.01. The van der Waals surface area contributed by atoms with Gasteiger partial charge in [-0.15, -0.1) is 0 Å². The van der Waals surface area contributed by atoms with Gasteiger partial charge in [0.25, 0.3) is 0 Å². The molecular formula is C12H9F6NO2. The van der Waals surface area contributed by atoms with Gasteiger partial charge in [0.05, 0.1) is 17.2 Å². The molecule has 1 fully saturated rings. The molecule has 116 valence electrons. The molecule has 9 heteroatoms. The van der Waals surface area contributed by atoms with Crippen molar-refractivity contribution >= 4 is 6.09 Å². The van der Waals surface area contributed by atoms with E-state index in [1.54, 1.807) is 0 Å². The van der Waals surface area contributed by atoms with E-state index >= 15 is 0 Å². The van der Waals surface area contributed by atoms with Crippen LogP contribution in [0.5, 0.6) is 0 Å². The molecule has 1 aromatic rings. The summed E-state index contributed by atoms with van der Waals surface area (Å²) < 4.78 is 80.9. The molecule has 1 saturated heterocycles. The van der Waals surface area contributed by atoms with Crippen LogP contribution in [0.3, 0.4) is 0 Å². The van der Waals surface area contributed by atoms with Crippen LogP contribution in [-0.4, -0.2) is 12.1 Å². The number of alkyl carbamates (subject to hydrolysis) is 1. The molecule has 0 saturated carbocycles. The summed E-state index contributed by atoms with van der Waals surface area (Å²) in [6.07, 6.45) is -12.0. The Morgan fingerprint density at radius 1 is 1.00 bits per heavy atom. The van der Waals surface area contributed by atoms with E-state index < -0.39 is 41.7 Å². The third-order valence-corrected chi connectivity index (χ3v) is 2.97. The first-order chi connectivity index (χ1) is 9.48. The van der Waals surface area contributed by atoms with Crippen molar-refractivity contribution < 1.29 is 35.9 Å². The number of carbonyl (C=O) groups is 1. The predicted molar refractivity (Wildman–Crippen MR) is 58.3 cm³/mol. The van der Waals surface area contributed by atoms with Gasteiger partial charge in [0.2, 0.25) is 0 Å². The van der Waals surface area contributed by atoms with Crippen LogP contribution in [0, 0.1) is 0 Å². The van der Waals surface area contributed by atoms with Crippen LogP contribution in [0.1, 0.15) is 29.7 Å². The first-order valence-electron chi connectivity index (χ1n) is 5.75. The molecule has 0 spiro atoms. The molecule has 21 heavy (non-hydrogen) atoms. The first kappa shape index (κ1) is 15.5. The van der Waals surface area contributed by atoms with Crippen molar-refractivity contribution in [3.63, 3.8) is 0 Å². The van der Waals surface area contributed by atoms with Crippen molar-refractivity contribution in [2.75, 3.05) is 0 Å². The molecule has 2 atom stereocenters. The zero-order valence-corrected chi connectivity index (χ0v) is 10.5. The minimum absolute atomic E-state index is 0.0262. The molecule has 1 unspecified atom stereocenters. The first-order valence-corrected chi connectivity index (χ1v) is 5.75. The molecule has 1 aliphatic heterocycles. The lowest BCUT2D eigenvalue weighted by Gasteiger charge is -2.18. The van der Waals surface area contributed by atoms with E-state index in [2.05, 4.69) is 5.32 Å². The summed E-state index contributed by atoms with van der Waals surface area (Å²) in [6.45, 7) is 1.42. The summed E-state index contributed by atoms with van der Waals surface area (Å²) in [7, 11) is 0. The maximum absolute atomic E-state index is 12.7. The van der Waals surface area contributed by atoms with Gasteiger partial charge in [0.15, 0.2) is 0 Å². The van der Waals surface area contributed by atoms with E-state index in [4.69, 9.17) is 4.74 Å². The van der Waals surface area contributed by atoms with Gasteiger partial charge >= 0.3 is 18.4 Å². The number of amides is 1. The van der Waals surface area contributed by atoms with Gasteiger partial charge in [-0.25, -0.2) is 4.79 Å². The summed E-state index contributed by atoms with van der Waals surface area (Å²) in [5, 5.41) is 2.26. The summed E-state index contributed by atoms with van der Waals surface area (Å²) in [5.74, 6) is 0. The summed E-state index contributed by atoms with van der Waals surface area (Å²) in [5.41, 5.74) is -3.24. The second-order valence-corrected chi connectivity index (χ2v) is 4.60. The quantitative estimate of drug-likeness (QED) is 0.799. The lowest BCUT2D eigenvalue weighted by Crippen LogP contribution is -2.24. The van der Waals surface area contributed by atoms with Crippen LogP contribution in [0.25, 0.3) is 0 Å². The Morgan fingerprint density at radius 3 is 1.81 bits per heavy atom. The number of hydrogen-bond donors (Lipinski definition) is 1. The number of nitrogens with one attached hydrogen (secondary N) is 1. The molecule has 3 nitrogen and oxygen atoms in total. The number of benzene rings is 1. The fourth-order valence-electron chi connectivity index (χ4n) is 2.01. The highest BCUT2D eigenvalue weighted by molar-refractivity contribution is 5.70. The standard InChI is InChI=1S/C12H9F6NO2/c1-5-9(21-10(20)19-5)6-2-7(11(13,14)15)4-8(3-6)12(16,17)18/h2-5,9H,1H3,(H,19,20)/t5?,9-/m0/s1. The second kappa shape index (κ2) is 4.81. The average molecular weight is 313 g/mol. The monoisotopic (exact) mass is 313 g/mol. The normalized spacial score (nSPS) is 22.9. The summed E-state index contributed by atoms with van der Waals surface area (Å²) in [4.78, 5) is 11.0. The molecule has 0 bridgehead atoms. The number of cyclic esters (lactones) is 1. The number of hydrogen-bond acceptors (Lipinski definition) is 2. The van der Waals surface area contributed by atoms with Crippen LogP contribution in [0.15, 0.2) is 18.2 Å². The maximum Gasteiger partial charge on any atom is 0.416 e. The Labute approximate surface area is 114 Å². The van der Waals surface area contributed by atoms with E-state index in [0.29, 0.717) is 12.1 Å². The summed E-state index contributed by atoms with van der Waals surface area (Å²) in [6, 6.07) is 0.396. The highest BCUT2D eigenvalue weighted by Crippen LogP contribution is 2.39. The lowest BCUT2D eigenvalue weighted by atomic mass is 9.98. The van der Waals surface area contributed by atoms with Crippen molar-refractivity contribution in [1.82, 2.24) is 5.32 Å². The molecule has 1 amide bonds. The molecule has 1 aromatic carbocycles. The Bertz CT molecular complexity index is 534. The van der Waals surface area contributed by atoms with E-state index in [0.717, 1.165) is 0 Å². The van der Waals surface area contributed by atoms with Crippen LogP contribution in [0.4, 0.5) is 31.1 Å². The van der Waals surface area contributed by atoms with Gasteiger partial charge in [-0.1, -0.05) is 0 Å². The molecule has 1 aliphatic rings. The van der Waals surface area contributed by atoms with Crippen LogP contribution >= 0.6 is 0 Å². The average Bonchev–Trinajstić information content (AvgIpc) is 2.65. The Balaban J connectivity index is 2.53. The molecule has 0 aromatic heterocycles. The maximum atomic E-state index is 12.7. The molecule has 0 radical (unpaired) electrons. The minimum Gasteiger partial charge on any atom is -0.439 e. The largest absolute Gasteiger partial charge is 0.439 e. The predicted octanol–water partition coefficient (Wildman–Crippen LogP) is 3.89. The van der Waals surface area contributed by atoms with Crippen molar-refractivity contribution in [3.05, 3.63) is 34.9 Å². The summed E-state index contributed by atoms with van der Waals surface area (Å²) >= 11 is 0. The number of ether oxygens (including phenoxy) is 1. The second-order valence-electron chi connectivity index (χ2n) is 4.60. The molecule has 0 aliphatic carbocycles. The van der Waals surface area contributed by atoms with E-state index in [1.165, 1.54) is 6.92 Å². The number of carbonyl (C=O) groups excluding carboxylic acids is 1. The third-order valence-electron chi connectivity index (χ3n) is 2.97. The number of halogens is 6. The van der Waals surface area contributed by atoms with E-state index in [-0.39, 0.29) is 11.6 Å². The van der Waals surface area contributed by atoms with Crippen LogP contribution in [0.2, 0.25) is 0 Å². The molecular weight excluding hydrogens is 304 g/mol. The van der Waals surface area contributed by atoms with Gasteiger partial charge in [-0.2, -0.15) is 26.3 Å². The van der Waals surface area contributed by atoms with Gasteiger partial charge in [-0.05, 0) is 30.7 Å². The SMILES string of the molecule is CC1NC(=O)O[C@@H]1c1cc(C(F)(F)F)cc(C(F)(F)F)c1. The molecule has 1 N–H and O–H groups in total. The van der Waals surface area contributed by atoms with Crippen molar-refractivity contribution in [1.29, 1.82) is 0 Å². The van der Waals surface area contributed by atoms with Crippen molar-refractivity contribution in [3.8, 4) is 0 Å². The van der Waals surface area contributed by atoms with Gasteiger partial charge in [0, 0.05) is 0 Å². The zero-order valence-electron chi connectivity index (χ0n) is 10.5. The minimum atomic E-state index is -4.94. The van der Waals surface area contributed by atoms with Crippen molar-refractivity contribution in [2.24, 2.45) is 0 Å². The van der Waals surface area contributed by atoms with Crippen LogP contribution < -0.4 is 5.32 Å². The lowest BCUT2D eigenvalue weighted by molar-refractivity contribution is -0.143. The fraction of sp³-hybridized carbons (Fsp3) is 0.417. The Morgan fingerprint density at radius 2 is 1.48 bits per heavy atom. The van der Waals surface area contributed by atoms with Crippen LogP contribution in [-0.2, 0) is 17.1 Å². The van der Waals surface area contributed by atoms with E-state index in [9.17, 15) is 31.1 Å². The smallest absolute Gasteiger partial charge is 0.416 e. The highest BCUT2D eigenvalue weighted by atomic mass is 19.4. The topological polar surface area (TPSA) is 38.3 Å². The third kappa shape index (κ3) is 3.22. The molecule has 1 heterocycles. The number of rotatable bonds is 1. The Hall–Kier alpha value is -1.93. The Kier molecular flexibility index (Phi) is 3.54.